The number of allylic oxidation sites excluding steroid dienone is 1. The van der Waals surface area contributed by atoms with Crippen molar-refractivity contribution in [3.8, 4) is 11.3 Å². The highest BCUT2D eigenvalue weighted by molar-refractivity contribution is 6.31. The third-order valence-electron chi connectivity index (χ3n) is 6.16. The summed E-state index contributed by atoms with van der Waals surface area (Å²) in [6, 6.07) is 15.8. The predicted molar refractivity (Wildman–Crippen MR) is 125 cm³/mol. The largest absolute Gasteiger partial charge is 0.445 e. The standard InChI is InChI=1S/C26H21ClF4N2O2/c1-16(26(29,30)31)22-13-19(14-23(32-22)18-8-9-21(28)20(27)12-18)25(2)10-11-33(25)24(34)35-15-17-6-4-3-5-7-17/h3-9,12-14H,1,10-11,15H2,2H3/t25-/m0/s1. The van der Waals surface area contributed by atoms with Gasteiger partial charge in [0.1, 0.15) is 12.4 Å². The van der Waals surface area contributed by atoms with E-state index in [0.717, 1.165) is 11.6 Å². The van der Waals surface area contributed by atoms with E-state index in [9.17, 15) is 22.4 Å². The molecule has 0 saturated carbocycles. The van der Waals surface area contributed by atoms with Gasteiger partial charge in [-0.2, -0.15) is 13.2 Å². The monoisotopic (exact) mass is 504 g/mol. The third kappa shape index (κ3) is 5.03. The van der Waals surface area contributed by atoms with E-state index in [1.54, 1.807) is 13.0 Å². The second kappa shape index (κ2) is 9.34. The Hall–Kier alpha value is -3.39. The van der Waals surface area contributed by atoms with Crippen LogP contribution in [0.15, 0.2) is 67.2 Å². The van der Waals surface area contributed by atoms with Crippen LogP contribution in [-0.2, 0) is 16.9 Å². The van der Waals surface area contributed by atoms with Gasteiger partial charge in [0.25, 0.3) is 0 Å². The minimum atomic E-state index is -4.71. The minimum Gasteiger partial charge on any atom is -0.445 e. The fourth-order valence-corrected chi connectivity index (χ4v) is 4.07. The summed E-state index contributed by atoms with van der Waals surface area (Å²) in [4.78, 5) is 18.4. The number of amides is 1. The molecule has 1 aliphatic heterocycles. The van der Waals surface area contributed by atoms with Crippen LogP contribution in [0.4, 0.5) is 22.4 Å². The van der Waals surface area contributed by atoms with Gasteiger partial charge in [-0.1, -0.05) is 48.5 Å². The Morgan fingerprint density at radius 2 is 1.89 bits per heavy atom. The maximum atomic E-state index is 13.7. The van der Waals surface area contributed by atoms with E-state index in [1.165, 1.54) is 23.1 Å². The summed E-state index contributed by atoms with van der Waals surface area (Å²) in [6.45, 7) is 5.36. The van der Waals surface area contributed by atoms with Crippen LogP contribution >= 0.6 is 11.6 Å². The summed E-state index contributed by atoms with van der Waals surface area (Å²) in [5.41, 5.74) is -0.745. The summed E-state index contributed by atoms with van der Waals surface area (Å²) in [5, 5.41) is -0.188. The Bertz CT molecular complexity index is 1280. The van der Waals surface area contributed by atoms with Gasteiger partial charge < -0.3 is 4.74 Å². The predicted octanol–water partition coefficient (Wildman–Crippen LogP) is 7.37. The number of nitrogens with zero attached hydrogens (tertiary/aromatic N) is 2. The number of rotatable bonds is 5. The zero-order valence-electron chi connectivity index (χ0n) is 18.7. The second-order valence-electron chi connectivity index (χ2n) is 8.45. The quantitative estimate of drug-likeness (QED) is 0.340. The minimum absolute atomic E-state index is 0.0675. The lowest BCUT2D eigenvalue weighted by atomic mass is 9.79. The van der Waals surface area contributed by atoms with Crippen LogP contribution in [0.1, 0.15) is 30.2 Å². The smallest absolute Gasteiger partial charge is 0.417 e. The van der Waals surface area contributed by atoms with Crippen molar-refractivity contribution in [1.29, 1.82) is 0 Å². The molecule has 0 unspecified atom stereocenters. The van der Waals surface area contributed by atoms with Crippen LogP contribution < -0.4 is 0 Å². The van der Waals surface area contributed by atoms with Crippen LogP contribution in [0.2, 0.25) is 5.02 Å². The van der Waals surface area contributed by atoms with Gasteiger partial charge in [-0.15, -0.1) is 0 Å². The average molecular weight is 505 g/mol. The van der Waals surface area contributed by atoms with Gasteiger partial charge in [-0.05, 0) is 54.8 Å². The van der Waals surface area contributed by atoms with Crippen molar-refractivity contribution in [2.45, 2.75) is 31.7 Å². The molecule has 1 aromatic heterocycles. The van der Waals surface area contributed by atoms with E-state index >= 15 is 0 Å². The number of carbonyl (C=O) groups is 1. The number of ether oxygens (including phenoxy) is 1. The van der Waals surface area contributed by atoms with Gasteiger partial charge in [-0.25, -0.2) is 14.2 Å². The maximum Gasteiger partial charge on any atom is 0.417 e. The Labute approximate surface area is 204 Å². The second-order valence-corrected chi connectivity index (χ2v) is 8.85. The van der Waals surface area contributed by atoms with Gasteiger partial charge in [0.05, 0.1) is 27.5 Å². The molecule has 2 aromatic carbocycles. The average Bonchev–Trinajstić information content (AvgIpc) is 2.82. The van der Waals surface area contributed by atoms with Crippen molar-refractivity contribution in [1.82, 2.24) is 9.88 Å². The van der Waals surface area contributed by atoms with Crippen LogP contribution in [0.5, 0.6) is 0 Å². The molecule has 2 heterocycles. The summed E-state index contributed by atoms with van der Waals surface area (Å²) < 4.78 is 59.6. The molecule has 9 heteroatoms. The molecule has 1 saturated heterocycles. The molecule has 1 atom stereocenters. The lowest BCUT2D eigenvalue weighted by Crippen LogP contribution is -2.58. The summed E-state index contributed by atoms with van der Waals surface area (Å²) >= 11 is 5.89. The van der Waals surface area contributed by atoms with Crippen molar-refractivity contribution in [2.24, 2.45) is 0 Å². The molecule has 4 rings (SSSR count). The summed E-state index contributed by atoms with van der Waals surface area (Å²) in [7, 11) is 0. The molecule has 4 nitrogen and oxygen atoms in total. The van der Waals surface area contributed by atoms with E-state index in [0.29, 0.717) is 24.1 Å². The van der Waals surface area contributed by atoms with Crippen LogP contribution in [0, 0.1) is 5.82 Å². The first kappa shape index (κ1) is 24.7. The SMILES string of the molecule is C=C(c1cc([C@]2(C)CCN2C(=O)OCc2ccccc2)cc(-c2ccc(F)c(Cl)c2)n1)C(F)(F)F. The lowest BCUT2D eigenvalue weighted by Gasteiger charge is -2.50. The van der Waals surface area contributed by atoms with E-state index in [2.05, 4.69) is 11.6 Å². The molecular formula is C26H21ClF4N2O2. The molecule has 0 aliphatic carbocycles. The molecule has 0 radical (unpaired) electrons. The maximum absolute atomic E-state index is 13.7. The summed E-state index contributed by atoms with van der Waals surface area (Å²) in [6.07, 6.45) is -4.79. The van der Waals surface area contributed by atoms with E-state index in [4.69, 9.17) is 16.3 Å². The topological polar surface area (TPSA) is 42.4 Å². The highest BCUT2D eigenvalue weighted by Gasteiger charge is 2.46. The number of carbonyl (C=O) groups excluding carboxylic acids is 1. The molecular weight excluding hydrogens is 484 g/mol. The van der Waals surface area contributed by atoms with Gasteiger partial charge in [0.15, 0.2) is 0 Å². The number of benzene rings is 2. The van der Waals surface area contributed by atoms with Crippen LogP contribution in [0.25, 0.3) is 16.8 Å². The Balaban J connectivity index is 1.69. The van der Waals surface area contributed by atoms with Gasteiger partial charge >= 0.3 is 12.3 Å². The molecule has 3 aromatic rings. The molecule has 0 N–H and O–H groups in total. The molecule has 182 valence electrons. The van der Waals surface area contributed by atoms with Crippen molar-refractivity contribution in [2.75, 3.05) is 6.54 Å². The highest BCUT2D eigenvalue weighted by Crippen LogP contribution is 2.43. The molecule has 1 fully saturated rings. The van der Waals surface area contributed by atoms with Crippen LogP contribution in [0.3, 0.4) is 0 Å². The number of hydrogen-bond donors (Lipinski definition) is 0. The zero-order valence-corrected chi connectivity index (χ0v) is 19.5. The Morgan fingerprint density at radius 1 is 1.17 bits per heavy atom. The van der Waals surface area contributed by atoms with Gasteiger partial charge in [0.2, 0.25) is 0 Å². The first-order valence-electron chi connectivity index (χ1n) is 10.7. The molecule has 0 spiro atoms. The van der Waals surface area contributed by atoms with Crippen LogP contribution in [-0.4, -0.2) is 28.7 Å². The fraction of sp³-hybridized carbons (Fsp3) is 0.231. The van der Waals surface area contributed by atoms with E-state index in [-0.39, 0.29) is 17.3 Å². The molecule has 35 heavy (non-hydrogen) atoms. The van der Waals surface area contributed by atoms with Crippen molar-refractivity contribution in [3.05, 3.63) is 94.9 Å². The van der Waals surface area contributed by atoms with Gasteiger partial charge in [0, 0.05) is 12.1 Å². The van der Waals surface area contributed by atoms with E-state index in [1.807, 2.05) is 30.3 Å². The Kier molecular flexibility index (Phi) is 6.60. The van der Waals surface area contributed by atoms with Crippen molar-refractivity contribution < 1.29 is 27.1 Å². The molecule has 0 bridgehead atoms. The number of alkyl halides is 3. The number of halogens is 5. The lowest BCUT2D eigenvalue weighted by molar-refractivity contribution is -0.0689. The number of aromatic nitrogens is 1. The van der Waals surface area contributed by atoms with Gasteiger partial charge in [-0.3, -0.25) is 4.90 Å². The molecule has 1 amide bonds. The number of hydrogen-bond acceptors (Lipinski definition) is 3. The third-order valence-corrected chi connectivity index (χ3v) is 6.45. The van der Waals surface area contributed by atoms with Crippen molar-refractivity contribution >= 4 is 23.3 Å². The number of likely N-dealkylation sites (tertiary alicyclic amines) is 1. The highest BCUT2D eigenvalue weighted by atomic mass is 35.5. The fourth-order valence-electron chi connectivity index (χ4n) is 3.89. The first-order valence-corrected chi connectivity index (χ1v) is 11.1. The summed E-state index contributed by atoms with van der Waals surface area (Å²) in [5.74, 6) is -0.662. The van der Waals surface area contributed by atoms with E-state index < -0.39 is 34.9 Å². The molecule has 1 aliphatic rings. The normalized spacial score (nSPS) is 17.6. The zero-order chi connectivity index (χ0) is 25.4. The Morgan fingerprint density at radius 3 is 2.49 bits per heavy atom. The first-order chi connectivity index (χ1) is 16.5. The number of pyridine rings is 1. The van der Waals surface area contributed by atoms with Crippen molar-refractivity contribution in [3.63, 3.8) is 0 Å².